The normalized spacial score (nSPS) is 17.6. The molecule has 0 saturated heterocycles. The molecule has 1 aliphatic rings. The van der Waals surface area contributed by atoms with E-state index >= 15 is 0 Å². The second-order valence-corrected chi connectivity index (χ2v) is 2.15. The van der Waals surface area contributed by atoms with Gasteiger partial charge in [-0.25, -0.2) is 0 Å². The van der Waals surface area contributed by atoms with Gasteiger partial charge in [-0.1, -0.05) is 0 Å². The summed E-state index contributed by atoms with van der Waals surface area (Å²) in [6.45, 7) is 0. The van der Waals surface area contributed by atoms with E-state index in [1.807, 2.05) is 0 Å². The van der Waals surface area contributed by atoms with E-state index in [1.54, 1.807) is 0 Å². The van der Waals surface area contributed by atoms with Crippen molar-refractivity contribution in [3.63, 3.8) is 0 Å². The van der Waals surface area contributed by atoms with Gasteiger partial charge in [-0.05, 0) is 0 Å². The first kappa shape index (κ1) is 3.03. The van der Waals surface area contributed by atoms with Crippen LogP contribution in [0, 0.1) is 0 Å². The molecule has 0 bridgehead atoms. The molecule has 1 aliphatic heterocycles. The molecule has 0 aromatic heterocycles. The molecule has 0 spiro atoms. The van der Waals surface area contributed by atoms with Gasteiger partial charge in [0.05, 0.1) is 0 Å². The highest BCUT2D eigenvalue weighted by atomic mass is 28.2. The third-order valence-electron chi connectivity index (χ3n) is 0.586. The minimum Gasteiger partial charge on any atom is -0.439 e. The fraction of sp³-hybridized carbons (Fsp3) is 0.250. The van der Waals surface area contributed by atoms with Crippen molar-refractivity contribution in [2.24, 2.45) is 0 Å². The molecule has 0 unspecified atom stereocenters. The third-order valence-corrected chi connectivity index (χ3v) is 1.49. The van der Waals surface area contributed by atoms with Crippen LogP contribution in [0.5, 0.6) is 0 Å². The molecule has 1 rings (SSSR count). The van der Waals surface area contributed by atoms with Crippen LogP contribution in [-0.4, -0.2) is 14.8 Å². The number of hydrogen-bond acceptors (Lipinski definition) is 0. The zero-order valence-corrected chi connectivity index (χ0v) is 3.94. The van der Waals surface area contributed by atoms with Gasteiger partial charge in [0, 0.05) is 0 Å². The molecule has 5 heavy (non-hydrogen) atoms. The van der Waals surface area contributed by atoms with Crippen molar-refractivity contribution in [3.8, 4) is 0 Å². The van der Waals surface area contributed by atoms with E-state index < -0.39 is 0 Å². The van der Waals surface area contributed by atoms with Gasteiger partial charge in [-0.3, -0.25) is 5.67 Å². The highest BCUT2D eigenvalue weighted by molar-refractivity contribution is 6.51. The first-order chi connectivity index (χ1) is 2.50. The maximum absolute atomic E-state index is 2.21. The highest BCUT2D eigenvalue weighted by Gasteiger charge is 1.56. The van der Waals surface area contributed by atoms with Gasteiger partial charge in [0.15, 0.2) is 0 Å². The van der Waals surface area contributed by atoms with Crippen molar-refractivity contribution >= 4 is 14.8 Å². The summed E-state index contributed by atoms with van der Waals surface area (Å²) in [5, 5.41) is 0. The minimum absolute atomic E-state index is 1.07. The van der Waals surface area contributed by atoms with Crippen LogP contribution in [-0.2, 0) is 0 Å². The van der Waals surface area contributed by atoms with Gasteiger partial charge in [-0.15, -0.1) is 12.2 Å². The number of hydrogen-bond donors (Lipinski definition) is 0. The standard InChI is InChI=1S/C4H5Si/c1-2-4-5-3-1/h1-3H,4H2/q-1. The Hall–Kier alpha value is -0.173. The summed E-state index contributed by atoms with van der Waals surface area (Å²) in [5.74, 6) is 0. The molecular formula is C4H5Si-. The monoisotopic (exact) mass is 81.0 g/mol. The lowest BCUT2D eigenvalue weighted by Crippen LogP contribution is -1.62. The molecular weight excluding hydrogens is 76.1 g/mol. The average molecular weight is 81.2 g/mol. The summed E-state index contributed by atoms with van der Waals surface area (Å²) in [7, 11) is 1.07. The van der Waals surface area contributed by atoms with Crippen molar-refractivity contribution in [3.05, 3.63) is 12.2 Å². The molecule has 0 saturated carbocycles. The fourth-order valence-corrected chi connectivity index (χ4v) is 1.02. The summed E-state index contributed by atoms with van der Waals surface area (Å²) < 4.78 is 0. The van der Waals surface area contributed by atoms with Gasteiger partial charge >= 0.3 is 0 Å². The van der Waals surface area contributed by atoms with Crippen molar-refractivity contribution in [1.82, 2.24) is 0 Å². The average Bonchev–Trinajstić information content (AvgIpc) is 1.76. The molecule has 0 aliphatic carbocycles. The molecule has 0 fully saturated rings. The van der Waals surface area contributed by atoms with E-state index in [9.17, 15) is 0 Å². The van der Waals surface area contributed by atoms with Crippen molar-refractivity contribution < 1.29 is 0 Å². The highest BCUT2D eigenvalue weighted by Crippen LogP contribution is 1.80. The molecule has 0 N–H and O–H groups in total. The number of allylic oxidation sites excluding steroid dienone is 2. The SMILES string of the molecule is C1=CC[Si-]=C1. The summed E-state index contributed by atoms with van der Waals surface area (Å²) in [6.07, 6.45) is 4.32. The van der Waals surface area contributed by atoms with Gasteiger partial charge in [0.1, 0.15) is 0 Å². The van der Waals surface area contributed by atoms with E-state index in [0.717, 1.165) is 9.13 Å². The molecule has 1 heterocycles. The van der Waals surface area contributed by atoms with Gasteiger partial charge in [-0.2, -0.15) is 6.04 Å². The largest absolute Gasteiger partial charge is 0.439 e. The second-order valence-electron chi connectivity index (χ2n) is 1.00. The molecule has 26 valence electrons. The Morgan fingerprint density at radius 1 is 1.60 bits per heavy atom. The van der Waals surface area contributed by atoms with Crippen LogP contribution in [0.4, 0.5) is 0 Å². The lowest BCUT2D eigenvalue weighted by atomic mass is 10.6. The first-order valence-electron chi connectivity index (χ1n) is 1.72. The van der Waals surface area contributed by atoms with Gasteiger partial charge < -0.3 is 9.13 Å². The summed E-state index contributed by atoms with van der Waals surface area (Å²) >= 11 is 0. The maximum Gasteiger partial charge on any atom is -0.109 e. The Morgan fingerprint density at radius 3 is 2.80 bits per heavy atom. The van der Waals surface area contributed by atoms with Crippen LogP contribution >= 0.6 is 0 Å². The zero-order valence-electron chi connectivity index (χ0n) is 2.94. The lowest BCUT2D eigenvalue weighted by molar-refractivity contribution is 1.76. The van der Waals surface area contributed by atoms with E-state index in [-0.39, 0.29) is 0 Å². The molecule has 0 atom stereocenters. The quantitative estimate of drug-likeness (QED) is 0.372. The third kappa shape index (κ3) is 0.548. The summed E-state index contributed by atoms with van der Waals surface area (Å²) in [5.41, 5.74) is 2.21. The van der Waals surface area contributed by atoms with E-state index in [4.69, 9.17) is 0 Å². The van der Waals surface area contributed by atoms with Gasteiger partial charge in [0.2, 0.25) is 0 Å². The first-order valence-corrected chi connectivity index (χ1v) is 3.00. The Bertz CT molecular complexity index is 61.7. The van der Waals surface area contributed by atoms with E-state index in [2.05, 4.69) is 17.8 Å². The smallest absolute Gasteiger partial charge is 0.109 e. The Balaban J connectivity index is 2.61. The van der Waals surface area contributed by atoms with Crippen molar-refractivity contribution in [2.75, 3.05) is 0 Å². The second kappa shape index (κ2) is 1.31. The van der Waals surface area contributed by atoms with E-state index in [0.29, 0.717) is 0 Å². The Morgan fingerprint density at radius 2 is 2.60 bits per heavy atom. The zero-order chi connectivity index (χ0) is 3.54. The van der Waals surface area contributed by atoms with Crippen LogP contribution in [0.25, 0.3) is 0 Å². The molecule has 1 heteroatoms. The van der Waals surface area contributed by atoms with Crippen LogP contribution in [0.1, 0.15) is 0 Å². The van der Waals surface area contributed by atoms with Gasteiger partial charge in [0.25, 0.3) is 0 Å². The van der Waals surface area contributed by atoms with Crippen molar-refractivity contribution in [1.29, 1.82) is 0 Å². The van der Waals surface area contributed by atoms with Crippen molar-refractivity contribution in [2.45, 2.75) is 6.04 Å². The van der Waals surface area contributed by atoms with Crippen LogP contribution < -0.4 is 0 Å². The summed E-state index contributed by atoms with van der Waals surface area (Å²) in [4.78, 5) is 0. The van der Waals surface area contributed by atoms with Crippen LogP contribution in [0.3, 0.4) is 0 Å². The Labute approximate surface area is 34.0 Å². The summed E-state index contributed by atoms with van der Waals surface area (Å²) in [6, 6.07) is 1.29. The Kier molecular flexibility index (Phi) is 0.796. The predicted octanol–water partition coefficient (Wildman–Crippen LogP) is 0.481. The molecule has 0 nitrogen and oxygen atoms in total. The maximum atomic E-state index is 2.21. The fourth-order valence-electron chi connectivity index (χ4n) is 0.340. The minimum atomic E-state index is 1.07. The predicted molar refractivity (Wildman–Crippen MR) is 25.8 cm³/mol. The number of rotatable bonds is 0. The van der Waals surface area contributed by atoms with Crippen LogP contribution in [0.2, 0.25) is 6.04 Å². The molecule has 0 radical (unpaired) electrons. The molecule has 0 aromatic carbocycles. The topological polar surface area (TPSA) is 0 Å². The lowest BCUT2D eigenvalue weighted by Gasteiger charge is -1.78. The van der Waals surface area contributed by atoms with Crippen LogP contribution in [0.15, 0.2) is 12.2 Å². The molecule has 0 amide bonds. The molecule has 0 aromatic rings. The van der Waals surface area contributed by atoms with E-state index in [1.165, 1.54) is 6.04 Å².